The summed E-state index contributed by atoms with van der Waals surface area (Å²) < 4.78 is 11.3. The Hall–Kier alpha value is 0.310. The Kier molecular flexibility index (Phi) is 9.64. The van der Waals surface area contributed by atoms with Crippen molar-refractivity contribution in [2.75, 3.05) is 11.5 Å². The fourth-order valence-electron chi connectivity index (χ4n) is 1.05. The molecule has 73 valence electrons. The van der Waals surface area contributed by atoms with Crippen LogP contribution in [0.5, 0.6) is 0 Å². The third kappa shape index (κ3) is 8.41. The molecule has 0 fully saturated rings. The van der Waals surface area contributed by atoms with Crippen LogP contribution in [0.4, 0.5) is 0 Å². The molecule has 0 N–H and O–H groups in total. The molecule has 12 heavy (non-hydrogen) atoms. The van der Waals surface area contributed by atoms with Crippen molar-refractivity contribution in [1.82, 2.24) is 0 Å². The van der Waals surface area contributed by atoms with E-state index in [4.69, 9.17) is 0 Å². The zero-order valence-electron chi connectivity index (χ0n) is 8.18. The zero-order valence-corrected chi connectivity index (χ0v) is 9.00. The molecule has 0 rings (SSSR count). The lowest BCUT2D eigenvalue weighted by atomic mass is 10.3. The SMILES string of the molecule is [CH2]CCCC[S+]([O-])CCCCC. The highest BCUT2D eigenvalue weighted by atomic mass is 32.2. The second kappa shape index (κ2) is 9.40. The maximum Gasteiger partial charge on any atom is 0.105 e. The second-order valence-electron chi connectivity index (χ2n) is 3.12. The van der Waals surface area contributed by atoms with E-state index in [9.17, 15) is 4.55 Å². The monoisotopic (exact) mass is 189 g/mol. The van der Waals surface area contributed by atoms with E-state index >= 15 is 0 Å². The smallest absolute Gasteiger partial charge is 0.105 e. The van der Waals surface area contributed by atoms with Gasteiger partial charge in [-0.25, -0.2) is 0 Å². The molecule has 1 unspecified atom stereocenters. The van der Waals surface area contributed by atoms with Crippen molar-refractivity contribution in [1.29, 1.82) is 0 Å². The molecule has 0 spiro atoms. The second-order valence-corrected chi connectivity index (χ2v) is 4.81. The Balaban J connectivity index is 3.04. The Morgan fingerprint density at radius 3 is 2.17 bits per heavy atom. The summed E-state index contributed by atoms with van der Waals surface area (Å²) in [6.07, 6.45) is 6.76. The van der Waals surface area contributed by atoms with Crippen molar-refractivity contribution >= 4 is 11.2 Å². The first kappa shape index (κ1) is 12.3. The first-order chi connectivity index (χ1) is 5.81. The average molecular weight is 189 g/mol. The largest absolute Gasteiger partial charge is 0.616 e. The van der Waals surface area contributed by atoms with Gasteiger partial charge in [0.15, 0.2) is 0 Å². The Bertz CT molecular complexity index is 75.9. The average Bonchev–Trinajstić information content (AvgIpc) is 2.06. The molecule has 0 aliphatic heterocycles. The van der Waals surface area contributed by atoms with Crippen molar-refractivity contribution in [2.24, 2.45) is 0 Å². The molecule has 2 heteroatoms. The van der Waals surface area contributed by atoms with E-state index in [1.54, 1.807) is 0 Å². The van der Waals surface area contributed by atoms with Gasteiger partial charge in [-0.3, -0.25) is 0 Å². The minimum Gasteiger partial charge on any atom is -0.616 e. The number of hydrogen-bond donors (Lipinski definition) is 0. The third-order valence-electron chi connectivity index (χ3n) is 1.85. The zero-order chi connectivity index (χ0) is 9.23. The van der Waals surface area contributed by atoms with E-state index in [1.165, 1.54) is 12.8 Å². The summed E-state index contributed by atoms with van der Waals surface area (Å²) in [5.41, 5.74) is 0. The van der Waals surface area contributed by atoms with Crippen LogP contribution in [-0.4, -0.2) is 16.1 Å². The molecule has 0 amide bonds. The normalized spacial score (nSPS) is 11.0. The van der Waals surface area contributed by atoms with E-state index in [0.29, 0.717) is 0 Å². The molecule has 0 aliphatic rings. The first-order valence-corrected chi connectivity index (χ1v) is 6.44. The molecule has 0 saturated heterocycles. The van der Waals surface area contributed by atoms with Crippen LogP contribution in [0.3, 0.4) is 0 Å². The van der Waals surface area contributed by atoms with Gasteiger partial charge in [0.2, 0.25) is 0 Å². The predicted octanol–water partition coefficient (Wildman–Crippen LogP) is 2.93. The number of unbranched alkanes of at least 4 members (excludes halogenated alkanes) is 4. The summed E-state index contributed by atoms with van der Waals surface area (Å²) >= 11 is -0.551. The highest BCUT2D eigenvalue weighted by molar-refractivity contribution is 7.91. The van der Waals surface area contributed by atoms with E-state index in [-0.39, 0.29) is 0 Å². The quantitative estimate of drug-likeness (QED) is 0.425. The van der Waals surface area contributed by atoms with E-state index < -0.39 is 11.2 Å². The maximum atomic E-state index is 11.3. The van der Waals surface area contributed by atoms with Crippen LogP contribution in [-0.2, 0) is 11.2 Å². The maximum absolute atomic E-state index is 11.3. The number of hydrogen-bond acceptors (Lipinski definition) is 1. The van der Waals surface area contributed by atoms with Crippen LogP contribution in [0.25, 0.3) is 0 Å². The molecule has 1 nitrogen and oxygen atoms in total. The molecular weight excluding hydrogens is 168 g/mol. The van der Waals surface area contributed by atoms with Crippen LogP contribution in [0.15, 0.2) is 0 Å². The summed E-state index contributed by atoms with van der Waals surface area (Å²) in [6, 6.07) is 0. The van der Waals surface area contributed by atoms with Crippen molar-refractivity contribution in [2.45, 2.75) is 45.4 Å². The topological polar surface area (TPSA) is 23.1 Å². The lowest BCUT2D eigenvalue weighted by Crippen LogP contribution is -2.10. The van der Waals surface area contributed by atoms with Gasteiger partial charge in [0.05, 0.1) is 0 Å². The number of rotatable bonds is 8. The van der Waals surface area contributed by atoms with Crippen LogP contribution < -0.4 is 0 Å². The van der Waals surface area contributed by atoms with Gasteiger partial charge in [0.25, 0.3) is 0 Å². The molecule has 0 aliphatic carbocycles. The van der Waals surface area contributed by atoms with Crippen LogP contribution in [0.2, 0.25) is 0 Å². The minimum absolute atomic E-state index is 0.551. The van der Waals surface area contributed by atoms with Gasteiger partial charge < -0.3 is 4.55 Å². The molecule has 1 atom stereocenters. The standard InChI is InChI=1S/C10H21OS/c1-3-5-7-9-12(11)10-8-6-4-2/h1,3-10H2,2H3. The van der Waals surface area contributed by atoms with Crippen LogP contribution >= 0.6 is 0 Å². The van der Waals surface area contributed by atoms with Gasteiger partial charge in [-0.15, -0.1) is 0 Å². The van der Waals surface area contributed by atoms with Gasteiger partial charge in [-0.2, -0.15) is 0 Å². The Labute approximate surface area is 80.1 Å². The lowest BCUT2D eigenvalue weighted by Gasteiger charge is -2.09. The molecule has 0 heterocycles. The summed E-state index contributed by atoms with van der Waals surface area (Å²) in [5, 5.41) is 0. The third-order valence-corrected chi connectivity index (χ3v) is 3.34. The van der Waals surface area contributed by atoms with E-state index in [1.807, 2.05) is 0 Å². The van der Waals surface area contributed by atoms with E-state index in [2.05, 4.69) is 13.8 Å². The van der Waals surface area contributed by atoms with Gasteiger partial charge in [-0.05, 0) is 25.7 Å². The fourth-order valence-corrected chi connectivity index (χ4v) is 2.31. The molecule has 0 aromatic carbocycles. The molecule has 0 saturated carbocycles. The van der Waals surface area contributed by atoms with Crippen LogP contribution in [0.1, 0.15) is 45.4 Å². The molecule has 0 aromatic heterocycles. The van der Waals surface area contributed by atoms with Gasteiger partial charge in [-0.1, -0.05) is 37.9 Å². The van der Waals surface area contributed by atoms with Crippen molar-refractivity contribution < 1.29 is 4.55 Å². The summed E-state index contributed by atoms with van der Waals surface area (Å²) in [5.74, 6) is 1.80. The van der Waals surface area contributed by atoms with Gasteiger partial charge in [0.1, 0.15) is 11.5 Å². The fraction of sp³-hybridized carbons (Fsp3) is 0.900. The van der Waals surface area contributed by atoms with E-state index in [0.717, 1.165) is 37.2 Å². The summed E-state index contributed by atoms with van der Waals surface area (Å²) in [4.78, 5) is 0. The van der Waals surface area contributed by atoms with Crippen LogP contribution in [0, 0.1) is 6.92 Å². The highest BCUT2D eigenvalue weighted by Gasteiger charge is 2.03. The predicted molar refractivity (Wildman–Crippen MR) is 56.6 cm³/mol. The highest BCUT2D eigenvalue weighted by Crippen LogP contribution is 2.04. The molecule has 0 aromatic rings. The van der Waals surface area contributed by atoms with Gasteiger partial charge >= 0.3 is 0 Å². The van der Waals surface area contributed by atoms with Crippen molar-refractivity contribution in [3.63, 3.8) is 0 Å². The minimum atomic E-state index is -0.551. The summed E-state index contributed by atoms with van der Waals surface area (Å²) in [6.45, 7) is 5.93. The molecule has 1 radical (unpaired) electrons. The summed E-state index contributed by atoms with van der Waals surface area (Å²) in [7, 11) is 0. The Morgan fingerprint density at radius 1 is 1.08 bits per heavy atom. The van der Waals surface area contributed by atoms with Crippen molar-refractivity contribution in [3.8, 4) is 0 Å². The molecule has 0 bridgehead atoms. The Morgan fingerprint density at radius 2 is 1.67 bits per heavy atom. The molecular formula is C10H21OS. The lowest BCUT2D eigenvalue weighted by molar-refractivity contribution is 0.585. The van der Waals surface area contributed by atoms with Crippen molar-refractivity contribution in [3.05, 3.63) is 6.92 Å². The van der Waals surface area contributed by atoms with Gasteiger partial charge in [0, 0.05) is 0 Å². The first-order valence-electron chi connectivity index (χ1n) is 4.95.